The molecule has 0 saturated carbocycles. The molecule has 1 aromatic heterocycles. The molecule has 0 saturated heterocycles. The fraction of sp³-hybridized carbons (Fsp3) is 0.286. The largest absolute Gasteiger partial charge is 0.263 e. The number of rotatable bonds is 1. The van der Waals surface area contributed by atoms with Gasteiger partial charge < -0.3 is 0 Å². The van der Waals surface area contributed by atoms with Gasteiger partial charge in [-0.2, -0.15) is 0 Å². The Kier molecular flexibility index (Phi) is 2.86. The van der Waals surface area contributed by atoms with Gasteiger partial charge in [0.05, 0.1) is 0 Å². The van der Waals surface area contributed by atoms with Gasteiger partial charge in [0.25, 0.3) is 0 Å². The van der Waals surface area contributed by atoms with Gasteiger partial charge in [0.1, 0.15) is 0 Å². The van der Waals surface area contributed by atoms with E-state index < -0.39 is 0 Å². The molecular formula is C7H7Br2N. The molecule has 10 heavy (non-hydrogen) atoms. The molecule has 1 rings (SSSR count). The van der Waals surface area contributed by atoms with Gasteiger partial charge in [-0.05, 0) is 34.0 Å². The topological polar surface area (TPSA) is 12.9 Å². The number of aryl methyl sites for hydroxylation is 1. The molecule has 0 radical (unpaired) electrons. The lowest BCUT2D eigenvalue weighted by Crippen LogP contribution is -1.87. The van der Waals surface area contributed by atoms with Gasteiger partial charge >= 0.3 is 0 Å². The SMILES string of the molecule is Cc1cncc(Br)c1CBr. The highest BCUT2D eigenvalue weighted by molar-refractivity contribution is 9.10. The van der Waals surface area contributed by atoms with Crippen LogP contribution in [0.4, 0.5) is 0 Å². The van der Waals surface area contributed by atoms with Crippen molar-refractivity contribution in [3.63, 3.8) is 0 Å². The third kappa shape index (κ3) is 1.58. The summed E-state index contributed by atoms with van der Waals surface area (Å²) in [6.45, 7) is 2.05. The minimum absolute atomic E-state index is 0.877. The second-order valence-electron chi connectivity index (χ2n) is 2.05. The molecule has 0 fully saturated rings. The molecule has 0 N–H and O–H groups in total. The zero-order valence-electron chi connectivity index (χ0n) is 5.56. The Morgan fingerprint density at radius 1 is 1.50 bits per heavy atom. The van der Waals surface area contributed by atoms with Gasteiger partial charge in [-0.3, -0.25) is 4.98 Å². The maximum atomic E-state index is 4.02. The monoisotopic (exact) mass is 263 g/mol. The van der Waals surface area contributed by atoms with Crippen molar-refractivity contribution in [3.8, 4) is 0 Å². The fourth-order valence-electron chi connectivity index (χ4n) is 0.728. The molecule has 0 atom stereocenters. The highest BCUT2D eigenvalue weighted by Gasteiger charge is 2.00. The molecular weight excluding hydrogens is 258 g/mol. The Morgan fingerprint density at radius 2 is 2.20 bits per heavy atom. The Hall–Kier alpha value is 0.110. The van der Waals surface area contributed by atoms with Crippen molar-refractivity contribution >= 4 is 31.9 Å². The van der Waals surface area contributed by atoms with Crippen LogP contribution >= 0.6 is 31.9 Å². The first-order valence-electron chi connectivity index (χ1n) is 2.90. The van der Waals surface area contributed by atoms with Crippen LogP contribution in [0.5, 0.6) is 0 Å². The van der Waals surface area contributed by atoms with Crippen LogP contribution in [-0.2, 0) is 5.33 Å². The number of hydrogen-bond donors (Lipinski definition) is 0. The van der Waals surface area contributed by atoms with E-state index in [-0.39, 0.29) is 0 Å². The maximum Gasteiger partial charge on any atom is 0.0413 e. The van der Waals surface area contributed by atoms with Crippen LogP contribution in [0.25, 0.3) is 0 Å². The van der Waals surface area contributed by atoms with E-state index >= 15 is 0 Å². The first-order valence-corrected chi connectivity index (χ1v) is 4.82. The average molecular weight is 265 g/mol. The second-order valence-corrected chi connectivity index (χ2v) is 3.47. The zero-order valence-corrected chi connectivity index (χ0v) is 8.74. The molecule has 0 aliphatic heterocycles. The van der Waals surface area contributed by atoms with Crippen molar-refractivity contribution in [3.05, 3.63) is 28.0 Å². The normalized spacial score (nSPS) is 9.90. The minimum atomic E-state index is 0.877. The van der Waals surface area contributed by atoms with E-state index in [2.05, 4.69) is 36.8 Å². The lowest BCUT2D eigenvalue weighted by atomic mass is 10.2. The number of halogens is 2. The van der Waals surface area contributed by atoms with Gasteiger partial charge in [-0.1, -0.05) is 15.9 Å². The van der Waals surface area contributed by atoms with E-state index in [9.17, 15) is 0 Å². The van der Waals surface area contributed by atoms with E-state index in [1.807, 2.05) is 19.3 Å². The van der Waals surface area contributed by atoms with Crippen LogP contribution in [0.2, 0.25) is 0 Å². The third-order valence-corrected chi connectivity index (χ3v) is 2.60. The summed E-state index contributed by atoms with van der Waals surface area (Å²) < 4.78 is 1.07. The summed E-state index contributed by atoms with van der Waals surface area (Å²) in [7, 11) is 0. The minimum Gasteiger partial charge on any atom is -0.263 e. The van der Waals surface area contributed by atoms with Crippen molar-refractivity contribution in [2.24, 2.45) is 0 Å². The van der Waals surface area contributed by atoms with Crippen LogP contribution in [-0.4, -0.2) is 4.98 Å². The van der Waals surface area contributed by atoms with Crippen molar-refractivity contribution in [1.82, 2.24) is 4.98 Å². The summed E-state index contributed by atoms with van der Waals surface area (Å²) in [6, 6.07) is 0. The van der Waals surface area contributed by atoms with Crippen LogP contribution in [0.3, 0.4) is 0 Å². The second kappa shape index (κ2) is 3.49. The molecule has 1 aromatic rings. The molecule has 0 spiro atoms. The number of alkyl halides is 1. The summed E-state index contributed by atoms with van der Waals surface area (Å²) >= 11 is 6.82. The van der Waals surface area contributed by atoms with Gasteiger partial charge in [0.2, 0.25) is 0 Å². The van der Waals surface area contributed by atoms with Crippen molar-refractivity contribution < 1.29 is 0 Å². The number of nitrogens with zero attached hydrogens (tertiary/aromatic N) is 1. The summed E-state index contributed by atoms with van der Waals surface area (Å²) in [4.78, 5) is 4.02. The first-order chi connectivity index (χ1) is 4.75. The highest BCUT2D eigenvalue weighted by atomic mass is 79.9. The molecule has 1 nitrogen and oxygen atoms in total. The van der Waals surface area contributed by atoms with Gasteiger partial charge in [0, 0.05) is 22.2 Å². The Labute approximate surface area is 77.1 Å². The van der Waals surface area contributed by atoms with Crippen LogP contribution < -0.4 is 0 Å². The van der Waals surface area contributed by atoms with E-state index in [0.29, 0.717) is 0 Å². The third-order valence-electron chi connectivity index (χ3n) is 1.35. The summed E-state index contributed by atoms with van der Waals surface area (Å²) in [5, 5.41) is 0.877. The molecule has 0 aliphatic carbocycles. The standard InChI is InChI=1S/C7H7Br2N/c1-5-3-10-4-7(9)6(5)2-8/h3-4H,2H2,1H3. The first kappa shape index (κ1) is 8.21. The average Bonchev–Trinajstić information content (AvgIpc) is 1.88. The Morgan fingerprint density at radius 3 is 2.60 bits per heavy atom. The van der Waals surface area contributed by atoms with E-state index in [1.54, 1.807) is 0 Å². The quantitative estimate of drug-likeness (QED) is 0.711. The molecule has 1 heterocycles. The molecule has 0 aliphatic rings. The van der Waals surface area contributed by atoms with Gasteiger partial charge in [-0.25, -0.2) is 0 Å². The lowest BCUT2D eigenvalue weighted by molar-refractivity contribution is 1.19. The lowest BCUT2D eigenvalue weighted by Gasteiger charge is -2.01. The van der Waals surface area contributed by atoms with Gasteiger partial charge in [-0.15, -0.1) is 0 Å². The number of pyridine rings is 1. The van der Waals surface area contributed by atoms with Crippen LogP contribution in [0.1, 0.15) is 11.1 Å². The van der Waals surface area contributed by atoms with Crippen LogP contribution in [0.15, 0.2) is 16.9 Å². The van der Waals surface area contributed by atoms with Crippen molar-refractivity contribution in [2.75, 3.05) is 0 Å². The smallest absolute Gasteiger partial charge is 0.0413 e. The molecule has 0 amide bonds. The van der Waals surface area contributed by atoms with E-state index in [4.69, 9.17) is 0 Å². The number of hydrogen-bond acceptors (Lipinski definition) is 1. The Balaban J connectivity index is 3.17. The molecule has 0 bridgehead atoms. The van der Waals surface area contributed by atoms with Crippen molar-refractivity contribution in [2.45, 2.75) is 12.3 Å². The maximum absolute atomic E-state index is 4.02. The molecule has 0 aromatic carbocycles. The molecule has 3 heteroatoms. The van der Waals surface area contributed by atoms with Crippen molar-refractivity contribution in [1.29, 1.82) is 0 Å². The van der Waals surface area contributed by atoms with E-state index in [1.165, 1.54) is 11.1 Å². The fourth-order valence-corrected chi connectivity index (χ4v) is 2.42. The summed E-state index contributed by atoms with van der Waals surface area (Å²) in [5.41, 5.74) is 2.49. The summed E-state index contributed by atoms with van der Waals surface area (Å²) in [6.07, 6.45) is 3.67. The number of aromatic nitrogens is 1. The summed E-state index contributed by atoms with van der Waals surface area (Å²) in [5.74, 6) is 0. The Bertz CT molecular complexity index is 215. The van der Waals surface area contributed by atoms with E-state index in [0.717, 1.165) is 9.80 Å². The van der Waals surface area contributed by atoms with Crippen LogP contribution in [0, 0.1) is 6.92 Å². The van der Waals surface area contributed by atoms with Gasteiger partial charge in [0.15, 0.2) is 0 Å². The highest BCUT2D eigenvalue weighted by Crippen LogP contribution is 2.20. The predicted molar refractivity (Wildman–Crippen MR) is 49.3 cm³/mol. The zero-order chi connectivity index (χ0) is 7.56. The molecule has 0 unspecified atom stereocenters. The predicted octanol–water partition coefficient (Wildman–Crippen LogP) is 3.05. The molecule has 54 valence electrons.